The molecule has 0 spiro atoms. The maximum absolute atomic E-state index is 3.97. The van der Waals surface area contributed by atoms with Crippen LogP contribution in [-0.4, -0.2) is 8.07 Å². The molecule has 1 heterocycles. The van der Waals surface area contributed by atoms with Gasteiger partial charge in [-0.05, 0) is 6.42 Å². The summed E-state index contributed by atoms with van der Waals surface area (Å²) in [7, 11) is -0.748. The maximum atomic E-state index is 3.97. The minimum Gasteiger partial charge on any atom is -0.104 e. The lowest BCUT2D eigenvalue weighted by Crippen LogP contribution is -2.37. The molecule has 0 bridgehead atoms. The van der Waals surface area contributed by atoms with Crippen molar-refractivity contribution >= 4 is 8.07 Å². The van der Waals surface area contributed by atoms with Crippen LogP contribution in [0.4, 0.5) is 0 Å². The number of allylic oxidation sites excluding steroid dienone is 1. The van der Waals surface area contributed by atoms with E-state index in [1.807, 2.05) is 0 Å². The molecule has 0 radical (unpaired) electrons. The Morgan fingerprint density at radius 3 is 2.00 bits per heavy atom. The molecule has 0 nitrogen and oxygen atoms in total. The van der Waals surface area contributed by atoms with E-state index < -0.39 is 8.07 Å². The van der Waals surface area contributed by atoms with E-state index in [1.165, 1.54) is 12.5 Å². The second-order valence-electron chi connectivity index (χ2n) is 2.99. The Labute approximate surface area is 46.2 Å². The summed E-state index contributed by atoms with van der Waals surface area (Å²) in [5, 5.41) is 1.56. The van der Waals surface area contributed by atoms with Crippen LogP contribution in [0.2, 0.25) is 19.1 Å². The molecule has 0 aromatic rings. The van der Waals surface area contributed by atoms with Crippen molar-refractivity contribution < 1.29 is 0 Å². The van der Waals surface area contributed by atoms with Crippen LogP contribution in [0.1, 0.15) is 6.42 Å². The van der Waals surface area contributed by atoms with E-state index in [4.69, 9.17) is 0 Å². The fraction of sp³-hybridized carbons (Fsp3) is 0.667. The van der Waals surface area contributed by atoms with Gasteiger partial charge in [0.15, 0.2) is 0 Å². The van der Waals surface area contributed by atoms with Crippen molar-refractivity contribution in [1.29, 1.82) is 0 Å². The zero-order chi connectivity index (χ0) is 5.49. The first-order chi connectivity index (χ1) is 3.13. The molecule has 1 aliphatic heterocycles. The van der Waals surface area contributed by atoms with Crippen molar-refractivity contribution in [1.82, 2.24) is 0 Å². The van der Waals surface area contributed by atoms with Crippen LogP contribution in [0.5, 0.6) is 0 Å². The van der Waals surface area contributed by atoms with Gasteiger partial charge in [0.2, 0.25) is 0 Å². The van der Waals surface area contributed by atoms with Gasteiger partial charge in [-0.15, -0.1) is 6.58 Å². The quantitative estimate of drug-likeness (QED) is 0.421. The molecule has 0 unspecified atom stereocenters. The summed E-state index contributed by atoms with van der Waals surface area (Å²) < 4.78 is 0. The maximum Gasteiger partial charge on any atom is 0.0749 e. The van der Waals surface area contributed by atoms with Crippen LogP contribution >= 0.6 is 0 Å². The molecule has 0 N–H and O–H groups in total. The lowest BCUT2D eigenvalue weighted by atomic mass is 10.4. The Balaban J connectivity index is 2.59. The minimum atomic E-state index is -0.748. The van der Waals surface area contributed by atoms with Crippen LogP contribution in [0.3, 0.4) is 0 Å². The van der Waals surface area contributed by atoms with Crippen molar-refractivity contribution in [3.63, 3.8) is 0 Å². The van der Waals surface area contributed by atoms with Crippen molar-refractivity contribution in [2.75, 3.05) is 0 Å². The molecule has 0 aliphatic carbocycles. The molecule has 7 heavy (non-hydrogen) atoms. The number of rotatable bonds is 0. The van der Waals surface area contributed by atoms with E-state index in [2.05, 4.69) is 19.7 Å². The average molecular weight is 112 g/mol. The molecular formula is C6H12Si. The summed E-state index contributed by atoms with van der Waals surface area (Å²) in [6.07, 6.45) is 1.32. The molecule has 0 saturated carbocycles. The molecule has 0 amide bonds. The fourth-order valence-corrected chi connectivity index (χ4v) is 2.41. The second kappa shape index (κ2) is 1.22. The van der Waals surface area contributed by atoms with Gasteiger partial charge in [-0.2, -0.15) is 0 Å². The van der Waals surface area contributed by atoms with Crippen molar-refractivity contribution in [3.05, 3.63) is 11.8 Å². The minimum absolute atomic E-state index is 0.748. The van der Waals surface area contributed by atoms with Crippen LogP contribution in [0.15, 0.2) is 11.8 Å². The predicted molar refractivity (Wildman–Crippen MR) is 36.0 cm³/mol. The number of hydrogen-bond acceptors (Lipinski definition) is 0. The van der Waals surface area contributed by atoms with Gasteiger partial charge in [0.25, 0.3) is 0 Å². The average Bonchev–Trinajstić information content (AvgIpc) is 1.63. The van der Waals surface area contributed by atoms with Crippen LogP contribution < -0.4 is 0 Å². The van der Waals surface area contributed by atoms with E-state index in [0.717, 1.165) is 0 Å². The van der Waals surface area contributed by atoms with Gasteiger partial charge in [0.05, 0.1) is 8.07 Å². The van der Waals surface area contributed by atoms with Crippen molar-refractivity contribution in [2.45, 2.75) is 25.6 Å². The zero-order valence-corrected chi connectivity index (χ0v) is 6.12. The topological polar surface area (TPSA) is 0 Å². The van der Waals surface area contributed by atoms with Gasteiger partial charge in [0, 0.05) is 0 Å². The third-order valence-corrected chi connectivity index (χ3v) is 5.67. The lowest BCUT2D eigenvalue weighted by Gasteiger charge is -2.35. The van der Waals surface area contributed by atoms with E-state index in [9.17, 15) is 0 Å². The first-order valence-electron chi connectivity index (χ1n) is 2.81. The van der Waals surface area contributed by atoms with Crippen LogP contribution in [0, 0.1) is 0 Å². The first kappa shape index (κ1) is 5.10. The molecule has 1 heteroatoms. The zero-order valence-electron chi connectivity index (χ0n) is 5.12. The molecular weight excluding hydrogens is 100 g/mol. The summed E-state index contributed by atoms with van der Waals surface area (Å²) in [4.78, 5) is 0. The Kier molecular flexibility index (Phi) is 0.888. The highest BCUT2D eigenvalue weighted by atomic mass is 28.3. The molecule has 1 aliphatic rings. The highest BCUT2D eigenvalue weighted by Gasteiger charge is 2.32. The Hall–Kier alpha value is -0.0431. The highest BCUT2D eigenvalue weighted by molar-refractivity contribution is 6.87. The Bertz CT molecular complexity index is 103. The normalized spacial score (nSPS) is 26.9. The molecule has 0 aromatic carbocycles. The summed E-state index contributed by atoms with van der Waals surface area (Å²) >= 11 is 0. The smallest absolute Gasteiger partial charge is 0.0749 e. The van der Waals surface area contributed by atoms with E-state index in [-0.39, 0.29) is 0 Å². The Morgan fingerprint density at radius 1 is 1.57 bits per heavy atom. The predicted octanol–water partition coefficient (Wildman–Crippen LogP) is 2.19. The largest absolute Gasteiger partial charge is 0.104 e. The van der Waals surface area contributed by atoms with Gasteiger partial charge in [-0.3, -0.25) is 0 Å². The molecule has 0 atom stereocenters. The molecule has 1 fully saturated rings. The second-order valence-corrected chi connectivity index (χ2v) is 7.96. The van der Waals surface area contributed by atoms with Gasteiger partial charge in [0.1, 0.15) is 0 Å². The van der Waals surface area contributed by atoms with Gasteiger partial charge < -0.3 is 0 Å². The lowest BCUT2D eigenvalue weighted by molar-refractivity contribution is 1.03. The van der Waals surface area contributed by atoms with Gasteiger partial charge >= 0.3 is 0 Å². The summed E-state index contributed by atoms with van der Waals surface area (Å²) in [5.74, 6) is 0. The molecule has 1 saturated heterocycles. The SMILES string of the molecule is C=C1CC[Si]1(C)C. The highest BCUT2D eigenvalue weighted by Crippen LogP contribution is 2.34. The van der Waals surface area contributed by atoms with Gasteiger partial charge in [-0.25, -0.2) is 0 Å². The van der Waals surface area contributed by atoms with E-state index in [0.29, 0.717) is 0 Å². The first-order valence-corrected chi connectivity index (χ1v) is 6.02. The standard InChI is InChI=1S/C6H12Si/c1-6-4-5-7(6,2)3/h1,4-5H2,2-3H3. The van der Waals surface area contributed by atoms with E-state index >= 15 is 0 Å². The third kappa shape index (κ3) is 0.652. The number of hydrogen-bond donors (Lipinski definition) is 0. The fourth-order valence-electron chi connectivity index (χ4n) is 0.802. The van der Waals surface area contributed by atoms with E-state index in [1.54, 1.807) is 5.20 Å². The molecule has 40 valence electrons. The van der Waals surface area contributed by atoms with Crippen molar-refractivity contribution in [3.8, 4) is 0 Å². The molecule has 0 aromatic heterocycles. The summed E-state index contributed by atoms with van der Waals surface area (Å²) in [6, 6.07) is 1.48. The third-order valence-electron chi connectivity index (χ3n) is 2.01. The monoisotopic (exact) mass is 112 g/mol. The Morgan fingerprint density at radius 2 is 2.00 bits per heavy atom. The van der Waals surface area contributed by atoms with Crippen LogP contribution in [0.25, 0.3) is 0 Å². The van der Waals surface area contributed by atoms with Gasteiger partial charge in [-0.1, -0.05) is 24.3 Å². The van der Waals surface area contributed by atoms with Crippen molar-refractivity contribution in [2.24, 2.45) is 0 Å². The van der Waals surface area contributed by atoms with Crippen LogP contribution in [-0.2, 0) is 0 Å². The summed E-state index contributed by atoms with van der Waals surface area (Å²) in [6.45, 7) is 8.75. The molecule has 1 rings (SSSR count). The summed E-state index contributed by atoms with van der Waals surface area (Å²) in [5.41, 5.74) is 0.